The van der Waals surface area contributed by atoms with Crippen LogP contribution in [0.2, 0.25) is 0 Å². The number of benzene rings is 2. The van der Waals surface area contributed by atoms with E-state index in [0.29, 0.717) is 5.56 Å². The molecule has 0 aliphatic carbocycles. The smallest absolute Gasteiger partial charge is 0.262 e. The molecule has 0 radical (unpaired) electrons. The van der Waals surface area contributed by atoms with Gasteiger partial charge in [-0.25, -0.2) is 0 Å². The molecule has 4 rings (SSSR count). The Morgan fingerprint density at radius 3 is 2.18 bits per heavy atom. The van der Waals surface area contributed by atoms with Gasteiger partial charge in [0.05, 0.1) is 5.69 Å². The van der Waals surface area contributed by atoms with E-state index in [1.165, 1.54) is 0 Å². The van der Waals surface area contributed by atoms with Gasteiger partial charge in [0.1, 0.15) is 0 Å². The Hall–Kier alpha value is -3.66. The van der Waals surface area contributed by atoms with Gasteiger partial charge in [0.2, 0.25) is 0 Å². The molecule has 138 valence electrons. The third kappa shape index (κ3) is 3.45. The SMILES string of the molecule is CN(C)c1ccc(-c2cc(-c3ccccn3)cn(-c3ccccc3)c2=O)cc1. The standard InChI is InChI=1S/C24H21N3O/c1-26(2)20-13-11-18(12-14-20)22-16-19(23-10-6-7-15-25-23)17-27(24(22)28)21-8-4-3-5-9-21/h3-17H,1-2H3. The summed E-state index contributed by atoms with van der Waals surface area (Å²) in [5, 5.41) is 0. The van der Waals surface area contributed by atoms with E-state index < -0.39 is 0 Å². The Balaban J connectivity index is 1.93. The van der Waals surface area contributed by atoms with E-state index in [2.05, 4.69) is 4.98 Å². The van der Waals surface area contributed by atoms with Gasteiger partial charge in [-0.15, -0.1) is 0 Å². The van der Waals surface area contributed by atoms with Crippen molar-refractivity contribution in [3.63, 3.8) is 0 Å². The zero-order valence-corrected chi connectivity index (χ0v) is 15.9. The normalized spacial score (nSPS) is 10.6. The van der Waals surface area contributed by atoms with Gasteiger partial charge >= 0.3 is 0 Å². The first-order valence-corrected chi connectivity index (χ1v) is 9.15. The van der Waals surface area contributed by atoms with Crippen LogP contribution in [0.25, 0.3) is 28.1 Å². The highest BCUT2D eigenvalue weighted by atomic mass is 16.1. The molecule has 0 spiro atoms. The Kier molecular flexibility index (Phi) is 4.77. The van der Waals surface area contributed by atoms with Crippen molar-refractivity contribution < 1.29 is 0 Å². The molecule has 4 aromatic rings. The highest BCUT2D eigenvalue weighted by Gasteiger charge is 2.12. The first-order valence-electron chi connectivity index (χ1n) is 9.15. The van der Waals surface area contributed by atoms with Crippen LogP contribution in [-0.4, -0.2) is 23.6 Å². The minimum atomic E-state index is -0.0523. The van der Waals surface area contributed by atoms with Crippen molar-refractivity contribution in [2.75, 3.05) is 19.0 Å². The Morgan fingerprint density at radius 2 is 1.54 bits per heavy atom. The van der Waals surface area contributed by atoms with Crippen LogP contribution in [0.5, 0.6) is 0 Å². The summed E-state index contributed by atoms with van der Waals surface area (Å²) in [6, 6.07) is 25.4. The predicted molar refractivity (Wildman–Crippen MR) is 115 cm³/mol. The van der Waals surface area contributed by atoms with E-state index in [9.17, 15) is 4.79 Å². The van der Waals surface area contributed by atoms with Gasteiger partial charge in [-0.1, -0.05) is 36.4 Å². The van der Waals surface area contributed by atoms with Crippen LogP contribution in [-0.2, 0) is 0 Å². The van der Waals surface area contributed by atoms with Crippen molar-refractivity contribution in [3.05, 3.63) is 102 Å². The lowest BCUT2D eigenvalue weighted by Crippen LogP contribution is -2.20. The average Bonchev–Trinajstić information content (AvgIpc) is 2.75. The van der Waals surface area contributed by atoms with Gasteiger partial charge in [-0.05, 0) is 48.0 Å². The molecule has 0 aliphatic heterocycles. The second kappa shape index (κ2) is 7.53. The van der Waals surface area contributed by atoms with E-state index >= 15 is 0 Å². The minimum absolute atomic E-state index is 0.0523. The summed E-state index contributed by atoms with van der Waals surface area (Å²) in [6.45, 7) is 0. The van der Waals surface area contributed by atoms with Gasteiger partial charge in [0, 0.05) is 49.0 Å². The zero-order chi connectivity index (χ0) is 19.5. The lowest BCUT2D eigenvalue weighted by molar-refractivity contribution is 0.993. The van der Waals surface area contributed by atoms with Crippen LogP contribution in [0.4, 0.5) is 5.69 Å². The second-order valence-corrected chi connectivity index (χ2v) is 6.81. The van der Waals surface area contributed by atoms with E-state index in [1.54, 1.807) is 10.8 Å². The maximum absolute atomic E-state index is 13.3. The molecule has 2 aromatic carbocycles. The van der Waals surface area contributed by atoms with Crippen LogP contribution in [0.3, 0.4) is 0 Å². The second-order valence-electron chi connectivity index (χ2n) is 6.81. The van der Waals surface area contributed by atoms with Gasteiger partial charge in [0.15, 0.2) is 0 Å². The number of nitrogens with zero attached hydrogens (tertiary/aromatic N) is 3. The topological polar surface area (TPSA) is 38.1 Å². The molecule has 2 heterocycles. The van der Waals surface area contributed by atoms with Crippen molar-refractivity contribution in [1.29, 1.82) is 0 Å². The summed E-state index contributed by atoms with van der Waals surface area (Å²) in [6.07, 6.45) is 3.62. The first kappa shape index (κ1) is 17.7. The fourth-order valence-corrected chi connectivity index (χ4v) is 3.18. The lowest BCUT2D eigenvalue weighted by atomic mass is 10.0. The summed E-state index contributed by atoms with van der Waals surface area (Å²) in [5.74, 6) is 0. The minimum Gasteiger partial charge on any atom is -0.378 e. The number of aromatic nitrogens is 2. The van der Waals surface area contributed by atoms with Crippen molar-refractivity contribution in [1.82, 2.24) is 9.55 Å². The number of anilines is 1. The molecule has 0 N–H and O–H groups in total. The van der Waals surface area contributed by atoms with Gasteiger partial charge in [0.25, 0.3) is 5.56 Å². The summed E-state index contributed by atoms with van der Waals surface area (Å²) < 4.78 is 1.69. The number of pyridine rings is 2. The van der Waals surface area contributed by atoms with Crippen LogP contribution in [0.15, 0.2) is 96.1 Å². The molecular weight excluding hydrogens is 346 g/mol. The van der Waals surface area contributed by atoms with E-state index in [1.807, 2.05) is 104 Å². The molecule has 0 saturated heterocycles. The van der Waals surface area contributed by atoms with Gasteiger partial charge < -0.3 is 4.90 Å². The fraction of sp³-hybridized carbons (Fsp3) is 0.0833. The summed E-state index contributed by atoms with van der Waals surface area (Å²) in [5.41, 5.74) is 5.14. The quantitative estimate of drug-likeness (QED) is 0.528. The summed E-state index contributed by atoms with van der Waals surface area (Å²) in [4.78, 5) is 19.8. The van der Waals surface area contributed by atoms with E-state index in [-0.39, 0.29) is 5.56 Å². The Morgan fingerprint density at radius 1 is 0.821 bits per heavy atom. The maximum atomic E-state index is 13.3. The summed E-state index contributed by atoms with van der Waals surface area (Å²) >= 11 is 0. The molecule has 4 nitrogen and oxygen atoms in total. The van der Waals surface area contributed by atoms with Crippen LogP contribution in [0, 0.1) is 0 Å². The molecular formula is C24H21N3O. The fourth-order valence-electron chi connectivity index (χ4n) is 3.18. The molecule has 28 heavy (non-hydrogen) atoms. The van der Waals surface area contributed by atoms with Gasteiger partial charge in [-0.3, -0.25) is 14.3 Å². The lowest BCUT2D eigenvalue weighted by Gasteiger charge is -2.14. The van der Waals surface area contributed by atoms with E-state index in [4.69, 9.17) is 0 Å². The third-order valence-electron chi connectivity index (χ3n) is 4.71. The first-order chi connectivity index (χ1) is 13.6. The summed E-state index contributed by atoms with van der Waals surface area (Å²) in [7, 11) is 4.00. The molecule has 2 aromatic heterocycles. The Labute approximate surface area is 164 Å². The molecule has 0 saturated carbocycles. The number of hydrogen-bond acceptors (Lipinski definition) is 3. The van der Waals surface area contributed by atoms with E-state index in [0.717, 1.165) is 28.2 Å². The molecule has 0 atom stereocenters. The number of rotatable bonds is 4. The van der Waals surface area contributed by atoms with Crippen LogP contribution < -0.4 is 10.5 Å². The molecule has 0 bridgehead atoms. The molecule has 0 unspecified atom stereocenters. The molecule has 0 fully saturated rings. The highest BCUT2D eigenvalue weighted by molar-refractivity contribution is 5.72. The van der Waals surface area contributed by atoms with Crippen LogP contribution >= 0.6 is 0 Å². The van der Waals surface area contributed by atoms with Crippen LogP contribution in [0.1, 0.15) is 0 Å². The number of hydrogen-bond donors (Lipinski definition) is 0. The average molecular weight is 367 g/mol. The molecule has 0 amide bonds. The number of para-hydroxylation sites is 1. The molecule has 0 aliphatic rings. The molecule has 4 heteroatoms. The Bertz CT molecular complexity index is 1130. The van der Waals surface area contributed by atoms with Crippen molar-refractivity contribution >= 4 is 5.69 Å². The third-order valence-corrected chi connectivity index (χ3v) is 4.71. The monoisotopic (exact) mass is 367 g/mol. The van der Waals surface area contributed by atoms with Crippen molar-refractivity contribution in [2.24, 2.45) is 0 Å². The van der Waals surface area contributed by atoms with Crippen molar-refractivity contribution in [2.45, 2.75) is 0 Å². The largest absolute Gasteiger partial charge is 0.378 e. The van der Waals surface area contributed by atoms with Crippen molar-refractivity contribution in [3.8, 4) is 28.1 Å². The maximum Gasteiger partial charge on any atom is 0.262 e. The van der Waals surface area contributed by atoms with Gasteiger partial charge in [-0.2, -0.15) is 0 Å². The highest BCUT2D eigenvalue weighted by Crippen LogP contribution is 2.25. The predicted octanol–water partition coefficient (Wildman–Crippen LogP) is 4.63. The zero-order valence-electron chi connectivity index (χ0n) is 15.9.